The molecule has 3 aromatic rings. The summed E-state index contributed by atoms with van der Waals surface area (Å²) in [5.74, 6) is -0.103. The Morgan fingerprint density at radius 2 is 2.04 bits per heavy atom. The summed E-state index contributed by atoms with van der Waals surface area (Å²) in [6, 6.07) is 10.8. The quantitative estimate of drug-likeness (QED) is 0.345. The van der Waals surface area contributed by atoms with Crippen molar-refractivity contribution in [2.75, 3.05) is 7.11 Å². The van der Waals surface area contributed by atoms with E-state index in [2.05, 4.69) is 4.98 Å². The zero-order valence-electron chi connectivity index (χ0n) is 12.3. The minimum Gasteiger partial charge on any atom is -0.465 e. The van der Waals surface area contributed by atoms with Crippen LogP contribution in [0.1, 0.15) is 9.67 Å². The minimum absolute atomic E-state index is 0.269. The van der Waals surface area contributed by atoms with Crippen molar-refractivity contribution in [3.8, 4) is 5.75 Å². The highest BCUT2D eigenvalue weighted by Crippen LogP contribution is 2.38. The molecule has 0 saturated heterocycles. The molecule has 0 N–H and O–H groups in total. The first-order valence-electron chi connectivity index (χ1n) is 6.69. The number of fused-ring (bicyclic) bond motifs is 1. The maximum absolute atomic E-state index is 12.0. The number of thiocarbonyl (C=S) groups is 1. The van der Waals surface area contributed by atoms with Gasteiger partial charge in [0, 0.05) is 16.1 Å². The predicted octanol–water partition coefficient (Wildman–Crippen LogP) is 5.19. The molecule has 2 aromatic heterocycles. The van der Waals surface area contributed by atoms with Crippen molar-refractivity contribution in [1.29, 1.82) is 0 Å². The third kappa shape index (κ3) is 3.70. The van der Waals surface area contributed by atoms with Crippen LogP contribution in [0.2, 0.25) is 5.02 Å². The van der Waals surface area contributed by atoms with E-state index >= 15 is 0 Å². The van der Waals surface area contributed by atoms with E-state index in [4.69, 9.17) is 33.3 Å². The van der Waals surface area contributed by atoms with Gasteiger partial charge in [-0.3, -0.25) is 0 Å². The van der Waals surface area contributed by atoms with Crippen LogP contribution in [-0.4, -0.2) is 22.4 Å². The molecule has 0 fully saturated rings. The van der Waals surface area contributed by atoms with Gasteiger partial charge in [0.1, 0.15) is 4.83 Å². The maximum Gasteiger partial charge on any atom is 0.352 e. The number of aromatic nitrogens is 1. The molecule has 0 amide bonds. The lowest BCUT2D eigenvalue weighted by molar-refractivity contribution is 0.0604. The Morgan fingerprint density at radius 1 is 1.29 bits per heavy atom. The number of methoxy groups -OCH3 is 1. The highest BCUT2D eigenvalue weighted by molar-refractivity contribution is 8.22. The molecule has 24 heavy (non-hydrogen) atoms. The van der Waals surface area contributed by atoms with Gasteiger partial charge in [-0.15, -0.1) is 11.3 Å². The van der Waals surface area contributed by atoms with Crippen molar-refractivity contribution in [1.82, 2.24) is 4.98 Å². The van der Waals surface area contributed by atoms with E-state index in [9.17, 15) is 4.79 Å². The summed E-state index contributed by atoms with van der Waals surface area (Å²) in [5.41, 5.74) is 0. The third-order valence-corrected chi connectivity index (χ3v) is 5.41. The molecule has 0 saturated carbocycles. The van der Waals surface area contributed by atoms with Crippen LogP contribution in [0.25, 0.3) is 10.2 Å². The lowest BCUT2D eigenvalue weighted by Gasteiger charge is -2.07. The standard InChI is InChI=1S/C16H10ClNO3S3/c1-20-15(19)13-12(11-3-2-8-18-14(11)24-13)21-16(22)23-10-6-4-9(17)5-7-10/h2-8H,1H3. The Kier molecular flexibility index (Phi) is 5.35. The summed E-state index contributed by atoms with van der Waals surface area (Å²) in [5, 5.41) is 1.37. The van der Waals surface area contributed by atoms with Gasteiger partial charge in [-0.1, -0.05) is 11.6 Å². The van der Waals surface area contributed by atoms with Crippen LogP contribution >= 0.6 is 46.9 Å². The van der Waals surface area contributed by atoms with E-state index in [0.29, 0.717) is 20.5 Å². The summed E-state index contributed by atoms with van der Waals surface area (Å²) in [4.78, 5) is 18.2. The number of carbonyl (C=O) groups is 1. The number of ether oxygens (including phenoxy) is 2. The average molecular weight is 396 g/mol. The second kappa shape index (κ2) is 7.48. The highest BCUT2D eigenvalue weighted by atomic mass is 35.5. The van der Waals surface area contributed by atoms with Crippen molar-refractivity contribution < 1.29 is 14.3 Å². The first-order valence-corrected chi connectivity index (χ1v) is 9.11. The first-order chi connectivity index (χ1) is 11.6. The summed E-state index contributed by atoms with van der Waals surface area (Å²) in [7, 11) is 1.32. The Bertz CT molecular complexity index is 909. The topological polar surface area (TPSA) is 48.4 Å². The van der Waals surface area contributed by atoms with Gasteiger partial charge >= 0.3 is 5.97 Å². The van der Waals surface area contributed by atoms with E-state index in [-0.39, 0.29) is 4.38 Å². The van der Waals surface area contributed by atoms with Gasteiger partial charge in [0.05, 0.1) is 12.5 Å². The van der Waals surface area contributed by atoms with Gasteiger partial charge in [0.15, 0.2) is 10.6 Å². The lowest BCUT2D eigenvalue weighted by atomic mass is 10.3. The van der Waals surface area contributed by atoms with Crippen LogP contribution in [0.3, 0.4) is 0 Å². The van der Waals surface area contributed by atoms with E-state index < -0.39 is 5.97 Å². The van der Waals surface area contributed by atoms with Crippen molar-refractivity contribution in [3.05, 3.63) is 52.5 Å². The minimum atomic E-state index is -0.479. The molecular formula is C16H10ClNO3S3. The second-order valence-corrected chi connectivity index (χ2v) is 7.63. The van der Waals surface area contributed by atoms with Crippen LogP contribution in [0, 0.1) is 0 Å². The molecule has 0 spiro atoms. The van der Waals surface area contributed by atoms with Crippen molar-refractivity contribution in [2.45, 2.75) is 4.90 Å². The number of pyridine rings is 1. The molecular weight excluding hydrogens is 386 g/mol. The number of rotatable bonds is 3. The molecule has 0 bridgehead atoms. The molecule has 0 unspecified atom stereocenters. The SMILES string of the molecule is COC(=O)c1sc2ncccc2c1OC(=S)Sc1ccc(Cl)cc1. The van der Waals surface area contributed by atoms with Crippen LogP contribution in [0.5, 0.6) is 5.75 Å². The number of hydrogen-bond acceptors (Lipinski definition) is 7. The molecule has 1 aromatic carbocycles. The van der Waals surface area contributed by atoms with Gasteiger partial charge in [0.25, 0.3) is 0 Å². The van der Waals surface area contributed by atoms with Crippen molar-refractivity contribution in [2.24, 2.45) is 0 Å². The molecule has 0 aliphatic heterocycles. The Morgan fingerprint density at radius 3 is 2.75 bits per heavy atom. The zero-order chi connectivity index (χ0) is 17.1. The van der Waals surface area contributed by atoms with Crippen LogP contribution in [0.4, 0.5) is 0 Å². The number of halogens is 1. The second-order valence-electron chi connectivity index (χ2n) is 4.52. The molecule has 0 radical (unpaired) electrons. The molecule has 3 rings (SSSR count). The number of hydrogen-bond donors (Lipinski definition) is 0. The van der Waals surface area contributed by atoms with E-state index in [1.54, 1.807) is 24.4 Å². The Balaban J connectivity index is 1.89. The van der Waals surface area contributed by atoms with Crippen LogP contribution < -0.4 is 4.74 Å². The summed E-state index contributed by atoms with van der Waals surface area (Å²) in [6.07, 6.45) is 1.66. The molecule has 122 valence electrons. The molecule has 0 aliphatic carbocycles. The molecule has 0 aliphatic rings. The van der Waals surface area contributed by atoms with Crippen molar-refractivity contribution in [3.63, 3.8) is 0 Å². The van der Waals surface area contributed by atoms with Gasteiger partial charge in [0.2, 0.25) is 4.38 Å². The predicted molar refractivity (Wildman–Crippen MR) is 101 cm³/mol. The van der Waals surface area contributed by atoms with Gasteiger partial charge in [-0.2, -0.15) is 0 Å². The molecule has 2 heterocycles. The van der Waals surface area contributed by atoms with Gasteiger partial charge < -0.3 is 9.47 Å². The van der Waals surface area contributed by atoms with Crippen LogP contribution in [-0.2, 0) is 4.74 Å². The van der Waals surface area contributed by atoms with Gasteiger partial charge in [-0.05, 0) is 60.4 Å². The normalized spacial score (nSPS) is 10.6. The summed E-state index contributed by atoms with van der Waals surface area (Å²) >= 11 is 13.7. The summed E-state index contributed by atoms with van der Waals surface area (Å²) < 4.78 is 10.9. The first kappa shape index (κ1) is 17.2. The highest BCUT2D eigenvalue weighted by Gasteiger charge is 2.22. The molecule has 8 heteroatoms. The molecule has 4 nitrogen and oxygen atoms in total. The maximum atomic E-state index is 12.0. The summed E-state index contributed by atoms with van der Waals surface area (Å²) in [6.45, 7) is 0. The fraction of sp³-hybridized carbons (Fsp3) is 0.0625. The number of esters is 1. The van der Waals surface area contributed by atoms with E-state index in [0.717, 1.165) is 10.3 Å². The largest absolute Gasteiger partial charge is 0.465 e. The monoisotopic (exact) mass is 395 g/mol. The third-order valence-electron chi connectivity index (χ3n) is 2.99. The lowest BCUT2D eigenvalue weighted by Crippen LogP contribution is -2.05. The van der Waals surface area contributed by atoms with E-state index in [1.807, 2.05) is 18.2 Å². The smallest absolute Gasteiger partial charge is 0.352 e. The number of thioether (sulfide) groups is 1. The van der Waals surface area contributed by atoms with Crippen molar-refractivity contribution >= 4 is 67.5 Å². The van der Waals surface area contributed by atoms with Crippen LogP contribution in [0.15, 0.2) is 47.5 Å². The molecule has 0 atom stereocenters. The Hall–Kier alpha value is -1.67. The number of carbonyl (C=O) groups excluding carboxylic acids is 1. The number of nitrogens with zero attached hydrogens (tertiary/aromatic N) is 1. The fourth-order valence-corrected chi connectivity index (χ4v) is 4.02. The van der Waals surface area contributed by atoms with Gasteiger partial charge in [-0.25, -0.2) is 9.78 Å². The fourth-order valence-electron chi connectivity index (χ4n) is 1.94. The zero-order valence-corrected chi connectivity index (χ0v) is 15.5. The number of thiophene rings is 1. The Labute approximate surface area is 156 Å². The van der Waals surface area contributed by atoms with E-state index in [1.165, 1.54) is 30.2 Å². The average Bonchev–Trinajstić information content (AvgIpc) is 2.95. The number of benzene rings is 1.